The molecule has 2 rings (SSSR count). The second-order valence-corrected chi connectivity index (χ2v) is 5.36. The lowest BCUT2D eigenvalue weighted by molar-refractivity contribution is 0.0871. The molecule has 17 heavy (non-hydrogen) atoms. The van der Waals surface area contributed by atoms with Gasteiger partial charge in [0.25, 0.3) is 5.91 Å². The molecule has 1 saturated carbocycles. The van der Waals surface area contributed by atoms with Crippen LogP contribution in [0.15, 0.2) is 5.38 Å². The number of rotatable bonds is 3. The lowest BCUT2D eigenvalue weighted by Gasteiger charge is -2.25. The summed E-state index contributed by atoms with van der Waals surface area (Å²) in [5.74, 6) is 0.191. The first-order valence-electron chi connectivity index (χ1n) is 5.82. The second-order valence-electron chi connectivity index (χ2n) is 4.47. The Kier molecular flexibility index (Phi) is 3.96. The molecule has 1 aliphatic rings. The summed E-state index contributed by atoms with van der Waals surface area (Å²) in [6, 6.07) is 0. The van der Waals surface area contributed by atoms with Gasteiger partial charge in [-0.1, -0.05) is 6.42 Å². The number of carbonyl (C=O) groups excluding carboxylic acids is 1. The fourth-order valence-electron chi connectivity index (χ4n) is 2.17. The first-order chi connectivity index (χ1) is 8.15. The highest BCUT2D eigenvalue weighted by molar-refractivity contribution is 7.13. The van der Waals surface area contributed by atoms with Gasteiger partial charge >= 0.3 is 0 Å². The number of thiazole rings is 1. The van der Waals surface area contributed by atoms with Crippen molar-refractivity contribution in [1.29, 1.82) is 0 Å². The van der Waals surface area contributed by atoms with Crippen LogP contribution >= 0.6 is 11.3 Å². The molecule has 1 aromatic heterocycles. The number of nitrogens with zero attached hydrogens (tertiary/aromatic N) is 1. The third kappa shape index (κ3) is 3.41. The van der Waals surface area contributed by atoms with Gasteiger partial charge in [0, 0.05) is 11.9 Å². The van der Waals surface area contributed by atoms with Crippen molar-refractivity contribution in [1.82, 2.24) is 10.3 Å². The molecule has 2 atom stereocenters. The Morgan fingerprint density at radius 2 is 2.47 bits per heavy atom. The van der Waals surface area contributed by atoms with E-state index >= 15 is 0 Å². The molecule has 0 aliphatic heterocycles. The molecule has 0 saturated heterocycles. The predicted molar refractivity (Wildman–Crippen MR) is 66.8 cm³/mol. The Balaban J connectivity index is 1.80. The van der Waals surface area contributed by atoms with Gasteiger partial charge in [-0.25, -0.2) is 4.98 Å². The lowest BCUT2D eigenvalue weighted by Crippen LogP contribution is -2.33. The van der Waals surface area contributed by atoms with E-state index in [0.717, 1.165) is 25.7 Å². The minimum atomic E-state index is -0.208. The zero-order valence-electron chi connectivity index (χ0n) is 9.56. The Bertz CT molecular complexity index is 394. The van der Waals surface area contributed by atoms with Gasteiger partial charge in [0.1, 0.15) is 5.69 Å². The van der Waals surface area contributed by atoms with E-state index in [2.05, 4.69) is 10.3 Å². The van der Waals surface area contributed by atoms with Crippen molar-refractivity contribution < 1.29 is 9.90 Å². The van der Waals surface area contributed by atoms with Crippen LogP contribution in [0.4, 0.5) is 5.13 Å². The van der Waals surface area contributed by atoms with E-state index in [1.807, 2.05) is 0 Å². The molecule has 0 radical (unpaired) electrons. The van der Waals surface area contributed by atoms with Crippen molar-refractivity contribution in [3.05, 3.63) is 11.1 Å². The summed E-state index contributed by atoms with van der Waals surface area (Å²) in [4.78, 5) is 15.6. The Morgan fingerprint density at radius 1 is 1.65 bits per heavy atom. The summed E-state index contributed by atoms with van der Waals surface area (Å²) in [6.45, 7) is 0.604. The van der Waals surface area contributed by atoms with Gasteiger partial charge in [0.2, 0.25) is 0 Å². The van der Waals surface area contributed by atoms with Crippen LogP contribution in [0.25, 0.3) is 0 Å². The standard InChI is InChI=1S/C11H17N3O2S/c12-11-14-9(6-17-11)10(16)13-5-7-2-1-3-8(15)4-7/h6-8,15H,1-5H2,(H2,12,14)(H,13,16). The van der Waals surface area contributed by atoms with Crippen molar-refractivity contribution in [3.63, 3.8) is 0 Å². The minimum absolute atomic E-state index is 0.182. The number of carbonyl (C=O) groups is 1. The van der Waals surface area contributed by atoms with Gasteiger partial charge in [-0.2, -0.15) is 0 Å². The van der Waals surface area contributed by atoms with Crippen molar-refractivity contribution >= 4 is 22.4 Å². The topological polar surface area (TPSA) is 88.2 Å². The molecule has 2 unspecified atom stereocenters. The monoisotopic (exact) mass is 255 g/mol. The summed E-state index contributed by atoms with van der Waals surface area (Å²) < 4.78 is 0. The smallest absolute Gasteiger partial charge is 0.270 e. The molecule has 1 amide bonds. The maximum Gasteiger partial charge on any atom is 0.270 e. The normalized spacial score (nSPS) is 24.5. The van der Waals surface area contributed by atoms with Crippen molar-refractivity contribution in [2.45, 2.75) is 31.8 Å². The maximum atomic E-state index is 11.7. The van der Waals surface area contributed by atoms with Crippen LogP contribution in [0.2, 0.25) is 0 Å². The molecule has 1 heterocycles. The number of aromatic nitrogens is 1. The zero-order chi connectivity index (χ0) is 12.3. The van der Waals surface area contributed by atoms with E-state index < -0.39 is 0 Å². The van der Waals surface area contributed by atoms with Gasteiger partial charge in [-0.15, -0.1) is 11.3 Å². The number of amides is 1. The summed E-state index contributed by atoms with van der Waals surface area (Å²) in [5, 5.41) is 14.4. The molecule has 6 heteroatoms. The molecule has 94 valence electrons. The third-order valence-electron chi connectivity index (χ3n) is 3.06. The third-order valence-corrected chi connectivity index (χ3v) is 3.73. The molecule has 0 spiro atoms. The molecule has 5 nitrogen and oxygen atoms in total. The van der Waals surface area contributed by atoms with Crippen LogP contribution in [-0.4, -0.2) is 28.6 Å². The van der Waals surface area contributed by atoms with Crippen LogP contribution in [0, 0.1) is 5.92 Å². The van der Waals surface area contributed by atoms with Crippen molar-refractivity contribution in [2.75, 3.05) is 12.3 Å². The number of hydrogen-bond donors (Lipinski definition) is 3. The molecular weight excluding hydrogens is 238 g/mol. The Morgan fingerprint density at radius 3 is 3.12 bits per heavy atom. The molecule has 1 aromatic rings. The van der Waals surface area contributed by atoms with Crippen LogP contribution < -0.4 is 11.1 Å². The summed E-state index contributed by atoms with van der Waals surface area (Å²) >= 11 is 1.26. The second kappa shape index (κ2) is 5.46. The highest BCUT2D eigenvalue weighted by atomic mass is 32.1. The number of aliphatic hydroxyl groups excluding tert-OH is 1. The number of nitrogens with one attached hydrogen (secondary N) is 1. The van der Waals surface area contributed by atoms with Crippen LogP contribution in [0.5, 0.6) is 0 Å². The van der Waals surface area contributed by atoms with Crippen molar-refractivity contribution in [2.24, 2.45) is 5.92 Å². The van der Waals surface area contributed by atoms with Crippen molar-refractivity contribution in [3.8, 4) is 0 Å². The SMILES string of the molecule is Nc1nc(C(=O)NCC2CCCC(O)C2)cs1. The molecule has 4 N–H and O–H groups in total. The highest BCUT2D eigenvalue weighted by Gasteiger charge is 2.21. The van der Waals surface area contributed by atoms with Crippen LogP contribution in [0.1, 0.15) is 36.2 Å². The minimum Gasteiger partial charge on any atom is -0.393 e. The van der Waals surface area contributed by atoms with Gasteiger partial charge < -0.3 is 16.2 Å². The number of nitrogen functional groups attached to an aromatic ring is 1. The number of aliphatic hydroxyl groups is 1. The summed E-state index contributed by atoms with van der Waals surface area (Å²) in [6.07, 6.45) is 3.55. The van der Waals surface area contributed by atoms with Gasteiger partial charge in [0.15, 0.2) is 5.13 Å². The molecule has 0 bridgehead atoms. The summed E-state index contributed by atoms with van der Waals surface area (Å²) in [7, 11) is 0. The number of nitrogens with two attached hydrogens (primary N) is 1. The molecular formula is C11H17N3O2S. The maximum absolute atomic E-state index is 11.7. The fourth-order valence-corrected chi connectivity index (χ4v) is 2.71. The molecule has 1 aliphatic carbocycles. The van der Waals surface area contributed by atoms with E-state index in [4.69, 9.17) is 5.73 Å². The summed E-state index contributed by atoms with van der Waals surface area (Å²) in [5.41, 5.74) is 5.85. The van der Waals surface area contributed by atoms with Gasteiger partial charge in [0.05, 0.1) is 6.10 Å². The van der Waals surface area contributed by atoms with E-state index in [1.165, 1.54) is 11.3 Å². The highest BCUT2D eigenvalue weighted by Crippen LogP contribution is 2.23. The first kappa shape index (κ1) is 12.3. The number of anilines is 1. The molecule has 1 fully saturated rings. The van der Waals surface area contributed by atoms with E-state index in [-0.39, 0.29) is 12.0 Å². The average molecular weight is 255 g/mol. The average Bonchev–Trinajstić information content (AvgIpc) is 2.73. The quantitative estimate of drug-likeness (QED) is 0.752. The molecule has 0 aromatic carbocycles. The van der Waals surface area contributed by atoms with Crippen LogP contribution in [-0.2, 0) is 0 Å². The Labute approximate surface area is 104 Å². The van der Waals surface area contributed by atoms with Gasteiger partial charge in [-0.3, -0.25) is 4.79 Å². The van der Waals surface area contributed by atoms with Crippen LogP contribution in [0.3, 0.4) is 0 Å². The number of hydrogen-bond acceptors (Lipinski definition) is 5. The zero-order valence-corrected chi connectivity index (χ0v) is 10.4. The van der Waals surface area contributed by atoms with E-state index in [1.54, 1.807) is 5.38 Å². The van der Waals surface area contributed by atoms with Gasteiger partial charge in [-0.05, 0) is 25.2 Å². The largest absolute Gasteiger partial charge is 0.393 e. The Hall–Kier alpha value is -1.14. The predicted octanol–water partition coefficient (Wildman–Crippen LogP) is 1.01. The van der Waals surface area contributed by atoms with E-state index in [0.29, 0.717) is 23.3 Å². The first-order valence-corrected chi connectivity index (χ1v) is 6.70. The fraction of sp³-hybridized carbons (Fsp3) is 0.636. The van der Waals surface area contributed by atoms with E-state index in [9.17, 15) is 9.90 Å². The lowest BCUT2D eigenvalue weighted by atomic mass is 9.87.